The number of amides is 1. The molecule has 1 aromatic carbocycles. The van der Waals surface area contributed by atoms with Crippen molar-refractivity contribution in [3.63, 3.8) is 0 Å². The van der Waals surface area contributed by atoms with Gasteiger partial charge in [0.25, 0.3) is 0 Å². The predicted molar refractivity (Wildman–Crippen MR) is 68.7 cm³/mol. The highest BCUT2D eigenvalue weighted by Crippen LogP contribution is 2.19. The number of hydrogen-bond donors (Lipinski definition) is 2. The average Bonchev–Trinajstić information content (AvgIpc) is 2.22. The van der Waals surface area contributed by atoms with Crippen molar-refractivity contribution >= 4 is 44.7 Å². The summed E-state index contributed by atoms with van der Waals surface area (Å²) in [5.74, 6) is -1.38. The maximum atomic E-state index is 13.1. The highest BCUT2D eigenvalue weighted by Gasteiger charge is 2.15. The SMILES string of the molecule is CC(C(=O)Nc1ccc(Br)c(F)c1)C(N)=S. The van der Waals surface area contributed by atoms with E-state index >= 15 is 0 Å². The Balaban J connectivity index is 2.77. The highest BCUT2D eigenvalue weighted by atomic mass is 79.9. The molecule has 3 nitrogen and oxygen atoms in total. The first-order valence-electron chi connectivity index (χ1n) is 4.47. The molecule has 0 radical (unpaired) electrons. The number of nitrogens with one attached hydrogen (secondary N) is 1. The molecular formula is C10H10BrFN2OS. The second-order valence-corrected chi connectivity index (χ2v) is 4.57. The van der Waals surface area contributed by atoms with E-state index in [1.807, 2.05) is 0 Å². The summed E-state index contributed by atoms with van der Waals surface area (Å²) in [5.41, 5.74) is 5.70. The molecule has 0 saturated carbocycles. The van der Waals surface area contributed by atoms with Crippen molar-refractivity contribution in [2.75, 3.05) is 5.32 Å². The summed E-state index contributed by atoms with van der Waals surface area (Å²) in [5, 5.41) is 2.52. The molecule has 86 valence electrons. The number of carbonyl (C=O) groups is 1. The van der Waals surface area contributed by atoms with Gasteiger partial charge in [0.15, 0.2) is 0 Å². The Morgan fingerprint density at radius 3 is 2.75 bits per heavy atom. The Bertz CT molecular complexity index is 439. The first-order chi connectivity index (χ1) is 7.41. The Morgan fingerprint density at radius 1 is 1.62 bits per heavy atom. The fourth-order valence-corrected chi connectivity index (χ4v) is 1.31. The summed E-state index contributed by atoms with van der Waals surface area (Å²) < 4.78 is 13.5. The zero-order valence-corrected chi connectivity index (χ0v) is 10.9. The molecule has 1 rings (SSSR count). The number of halogens is 2. The van der Waals surface area contributed by atoms with E-state index < -0.39 is 11.7 Å². The van der Waals surface area contributed by atoms with E-state index in [0.29, 0.717) is 10.2 Å². The Morgan fingerprint density at radius 2 is 2.25 bits per heavy atom. The second-order valence-electron chi connectivity index (χ2n) is 3.24. The van der Waals surface area contributed by atoms with Crippen molar-refractivity contribution in [3.8, 4) is 0 Å². The zero-order valence-electron chi connectivity index (χ0n) is 8.46. The lowest BCUT2D eigenvalue weighted by Gasteiger charge is -2.10. The molecule has 0 aliphatic heterocycles. The molecule has 1 unspecified atom stereocenters. The van der Waals surface area contributed by atoms with Gasteiger partial charge in [-0.25, -0.2) is 4.39 Å². The fourth-order valence-electron chi connectivity index (χ4n) is 0.954. The van der Waals surface area contributed by atoms with Crippen molar-refractivity contribution in [2.24, 2.45) is 11.7 Å². The summed E-state index contributed by atoms with van der Waals surface area (Å²) in [6, 6.07) is 4.31. The molecular weight excluding hydrogens is 295 g/mol. The molecule has 6 heteroatoms. The summed E-state index contributed by atoms with van der Waals surface area (Å²) >= 11 is 7.71. The van der Waals surface area contributed by atoms with Crippen LogP contribution in [0.25, 0.3) is 0 Å². The van der Waals surface area contributed by atoms with E-state index in [1.54, 1.807) is 13.0 Å². The Kier molecular flexibility index (Phi) is 4.37. The van der Waals surface area contributed by atoms with Crippen molar-refractivity contribution in [3.05, 3.63) is 28.5 Å². The molecule has 0 fully saturated rings. The summed E-state index contributed by atoms with van der Waals surface area (Å²) in [6.07, 6.45) is 0. The minimum Gasteiger partial charge on any atom is -0.393 e. The van der Waals surface area contributed by atoms with E-state index in [1.165, 1.54) is 12.1 Å². The quantitative estimate of drug-likeness (QED) is 0.843. The van der Waals surface area contributed by atoms with Gasteiger partial charge in [-0.1, -0.05) is 12.2 Å². The van der Waals surface area contributed by atoms with Crippen molar-refractivity contribution < 1.29 is 9.18 Å². The van der Waals surface area contributed by atoms with Gasteiger partial charge in [0.05, 0.1) is 15.4 Å². The third-order valence-corrected chi connectivity index (χ3v) is 3.00. The molecule has 1 amide bonds. The number of anilines is 1. The number of hydrogen-bond acceptors (Lipinski definition) is 2. The van der Waals surface area contributed by atoms with Gasteiger partial charge in [-0.05, 0) is 41.1 Å². The van der Waals surface area contributed by atoms with Crippen LogP contribution < -0.4 is 11.1 Å². The van der Waals surface area contributed by atoms with Crippen molar-refractivity contribution in [1.82, 2.24) is 0 Å². The van der Waals surface area contributed by atoms with E-state index in [0.717, 1.165) is 0 Å². The molecule has 3 N–H and O–H groups in total. The summed E-state index contributed by atoms with van der Waals surface area (Å²) in [7, 11) is 0. The average molecular weight is 305 g/mol. The molecule has 0 aliphatic rings. The van der Waals surface area contributed by atoms with Crippen LogP contribution in [0.4, 0.5) is 10.1 Å². The van der Waals surface area contributed by atoms with Gasteiger partial charge >= 0.3 is 0 Å². The van der Waals surface area contributed by atoms with Gasteiger partial charge in [-0.3, -0.25) is 4.79 Å². The van der Waals surface area contributed by atoms with Crippen LogP contribution in [0, 0.1) is 11.7 Å². The summed E-state index contributed by atoms with van der Waals surface area (Å²) in [6.45, 7) is 1.59. The summed E-state index contributed by atoms with van der Waals surface area (Å²) in [4.78, 5) is 11.6. The molecule has 1 aromatic rings. The lowest BCUT2D eigenvalue weighted by Crippen LogP contribution is -2.30. The van der Waals surface area contributed by atoms with Crippen molar-refractivity contribution in [2.45, 2.75) is 6.92 Å². The monoisotopic (exact) mass is 304 g/mol. The van der Waals surface area contributed by atoms with Crippen LogP contribution in [0.3, 0.4) is 0 Å². The van der Waals surface area contributed by atoms with Gasteiger partial charge in [-0.2, -0.15) is 0 Å². The lowest BCUT2D eigenvalue weighted by molar-refractivity contribution is -0.117. The number of nitrogens with two attached hydrogens (primary N) is 1. The van der Waals surface area contributed by atoms with E-state index in [-0.39, 0.29) is 10.9 Å². The van der Waals surface area contributed by atoms with Gasteiger partial charge < -0.3 is 11.1 Å². The van der Waals surface area contributed by atoms with Crippen LogP contribution in [0.5, 0.6) is 0 Å². The Hall–Kier alpha value is -1.01. The predicted octanol–water partition coefficient (Wildman–Crippen LogP) is 2.45. The number of rotatable bonds is 3. The molecule has 0 aromatic heterocycles. The van der Waals surface area contributed by atoms with Gasteiger partial charge in [-0.15, -0.1) is 0 Å². The van der Waals surface area contributed by atoms with Gasteiger partial charge in [0.2, 0.25) is 5.91 Å². The van der Waals surface area contributed by atoms with E-state index in [9.17, 15) is 9.18 Å². The fraction of sp³-hybridized carbons (Fsp3) is 0.200. The molecule has 0 spiro atoms. The standard InChI is InChI=1S/C10H10BrFN2OS/c1-5(9(13)16)10(15)14-6-2-3-7(11)8(12)4-6/h2-5H,1H3,(H2,13,16)(H,14,15). The molecule has 1 atom stereocenters. The van der Waals surface area contributed by atoms with Crippen LogP contribution in [0.2, 0.25) is 0 Å². The molecule has 0 heterocycles. The molecule has 0 aliphatic carbocycles. The van der Waals surface area contributed by atoms with Crippen LogP contribution in [-0.2, 0) is 4.79 Å². The molecule has 0 bridgehead atoms. The first kappa shape index (κ1) is 13.1. The second kappa shape index (κ2) is 5.36. The van der Waals surface area contributed by atoms with Crippen LogP contribution >= 0.6 is 28.1 Å². The van der Waals surface area contributed by atoms with E-state index in [4.69, 9.17) is 18.0 Å². The smallest absolute Gasteiger partial charge is 0.234 e. The van der Waals surface area contributed by atoms with E-state index in [2.05, 4.69) is 21.2 Å². The number of benzene rings is 1. The largest absolute Gasteiger partial charge is 0.393 e. The Labute approximate surface area is 106 Å². The third kappa shape index (κ3) is 3.24. The molecule has 0 saturated heterocycles. The van der Waals surface area contributed by atoms with Crippen molar-refractivity contribution in [1.29, 1.82) is 0 Å². The maximum Gasteiger partial charge on any atom is 0.234 e. The lowest BCUT2D eigenvalue weighted by atomic mass is 10.1. The van der Waals surface area contributed by atoms with Crippen LogP contribution in [-0.4, -0.2) is 10.9 Å². The molecule has 16 heavy (non-hydrogen) atoms. The zero-order chi connectivity index (χ0) is 12.3. The highest BCUT2D eigenvalue weighted by molar-refractivity contribution is 9.10. The number of thiocarbonyl (C=S) groups is 1. The van der Waals surface area contributed by atoms with Gasteiger partial charge in [0.1, 0.15) is 5.82 Å². The number of carbonyl (C=O) groups excluding carboxylic acids is 1. The first-order valence-corrected chi connectivity index (χ1v) is 5.67. The normalized spacial score (nSPS) is 11.9. The minimum atomic E-state index is -0.582. The topological polar surface area (TPSA) is 55.1 Å². The van der Waals surface area contributed by atoms with Crippen LogP contribution in [0.1, 0.15) is 6.92 Å². The third-order valence-electron chi connectivity index (χ3n) is 2.01. The maximum absolute atomic E-state index is 13.1. The minimum absolute atomic E-state index is 0.107. The van der Waals surface area contributed by atoms with Crippen LogP contribution in [0.15, 0.2) is 22.7 Å². The van der Waals surface area contributed by atoms with Gasteiger partial charge in [0, 0.05) is 5.69 Å².